The van der Waals surface area contributed by atoms with Gasteiger partial charge in [0.2, 0.25) is 8.30 Å². The predicted molar refractivity (Wildman–Crippen MR) is 79.6 cm³/mol. The molecule has 0 aromatic heterocycles. The number of aliphatic hydroxyl groups is 1. The lowest BCUT2D eigenvalue weighted by atomic mass is 10.1. The number of carboxylic acids is 1. The maximum absolute atomic E-state index is 10.8. The van der Waals surface area contributed by atoms with Gasteiger partial charge in [-0.2, -0.15) is 0 Å². The third kappa shape index (κ3) is 5.18. The van der Waals surface area contributed by atoms with Crippen LogP contribution in [0.5, 0.6) is 0 Å². The van der Waals surface area contributed by atoms with Crippen LogP contribution in [0.15, 0.2) is 24.3 Å². The van der Waals surface area contributed by atoms with Gasteiger partial charge in [-0.1, -0.05) is 0 Å². The number of hydrogen-bond donors (Lipinski definition) is 3. The molecule has 0 spiro atoms. The fourth-order valence-electron chi connectivity index (χ4n) is 1.45. The average molecular weight is 295 g/mol. The van der Waals surface area contributed by atoms with Crippen LogP contribution >= 0.6 is 8.30 Å². The van der Waals surface area contributed by atoms with Gasteiger partial charge in [-0.05, 0) is 50.2 Å². The Labute approximate surface area is 119 Å². The number of hydrogen-bond acceptors (Lipinski definition) is 4. The molecule has 0 bridgehead atoms. The Kier molecular flexibility index (Phi) is 5.97. The molecule has 1 aromatic rings. The second-order valence-corrected chi connectivity index (χ2v) is 6.00. The highest BCUT2D eigenvalue weighted by Crippen LogP contribution is 2.41. The summed E-state index contributed by atoms with van der Waals surface area (Å²) in [7, 11) is -1.34. The third-order valence-electron chi connectivity index (χ3n) is 2.53. The van der Waals surface area contributed by atoms with Gasteiger partial charge >= 0.3 is 5.97 Å². The van der Waals surface area contributed by atoms with E-state index in [4.69, 9.17) is 21.2 Å². The van der Waals surface area contributed by atoms with Gasteiger partial charge in [0, 0.05) is 12.3 Å². The highest BCUT2D eigenvalue weighted by atomic mass is 31.2. The molecule has 20 heavy (non-hydrogen) atoms. The van der Waals surface area contributed by atoms with E-state index in [9.17, 15) is 4.79 Å². The van der Waals surface area contributed by atoms with Gasteiger partial charge in [0.15, 0.2) is 0 Å². The molecule has 108 valence electrons. The largest absolute Gasteiger partial charge is 0.478 e. The van der Waals surface area contributed by atoms with E-state index in [1.165, 1.54) is 12.1 Å². The lowest BCUT2D eigenvalue weighted by Crippen LogP contribution is -2.24. The normalized spacial score (nSPS) is 12.5. The predicted octanol–water partition coefficient (Wildman–Crippen LogP) is 2.88. The molecule has 6 heteroatoms. The fourth-order valence-corrected chi connectivity index (χ4v) is 2.58. The topological polar surface area (TPSA) is 78.8 Å². The summed E-state index contributed by atoms with van der Waals surface area (Å²) in [6.45, 7) is 3.73. The van der Waals surface area contributed by atoms with E-state index in [0.717, 1.165) is 0 Å². The number of aromatic carboxylic acids is 1. The number of carbonyl (C=O) groups is 1. The summed E-state index contributed by atoms with van der Waals surface area (Å²) in [6.07, 6.45) is 5.92. The van der Waals surface area contributed by atoms with Gasteiger partial charge < -0.3 is 19.8 Å². The highest BCUT2D eigenvalue weighted by molar-refractivity contribution is 7.59. The van der Waals surface area contributed by atoms with Gasteiger partial charge in [-0.3, -0.25) is 0 Å². The van der Waals surface area contributed by atoms with Gasteiger partial charge in [0.1, 0.15) is 0 Å². The Morgan fingerprint density at radius 3 is 2.50 bits per heavy atom. The van der Waals surface area contributed by atoms with Crippen LogP contribution < -0.4 is 5.09 Å². The molecule has 0 fully saturated rings. The lowest BCUT2D eigenvalue weighted by molar-refractivity contribution is 0.0696. The number of terminal acetylenes is 1. The van der Waals surface area contributed by atoms with Crippen molar-refractivity contribution in [1.82, 2.24) is 0 Å². The van der Waals surface area contributed by atoms with Gasteiger partial charge in [-0.25, -0.2) is 4.79 Å². The van der Waals surface area contributed by atoms with Crippen LogP contribution in [-0.2, 0) is 4.52 Å². The zero-order chi connectivity index (χ0) is 15.2. The standard InChI is InChI=1S/C14H18NO4P/c1-4-20(19-14(2,3)9-10-16)15-12-7-5-11(6-8-12)13(17)18/h1,5-8,15-16H,9-10H2,2-3H3,(H,17,18). The number of rotatable bonds is 7. The average Bonchev–Trinajstić information content (AvgIpc) is 2.38. The van der Waals surface area contributed by atoms with E-state index in [2.05, 4.69) is 10.7 Å². The molecule has 3 N–H and O–H groups in total. The van der Waals surface area contributed by atoms with Crippen LogP contribution in [0.4, 0.5) is 5.69 Å². The summed E-state index contributed by atoms with van der Waals surface area (Å²) < 4.78 is 5.75. The summed E-state index contributed by atoms with van der Waals surface area (Å²) in [5.74, 6) is -0.976. The Balaban J connectivity index is 2.69. The molecule has 1 unspecified atom stereocenters. The minimum absolute atomic E-state index is 0.0219. The van der Waals surface area contributed by atoms with Crippen molar-refractivity contribution >= 4 is 20.0 Å². The molecule has 0 saturated carbocycles. The third-order valence-corrected chi connectivity index (χ3v) is 3.90. The van der Waals surface area contributed by atoms with Crippen molar-refractivity contribution in [3.05, 3.63) is 29.8 Å². The van der Waals surface area contributed by atoms with Gasteiger partial charge in [0.05, 0.1) is 11.2 Å². The highest BCUT2D eigenvalue weighted by Gasteiger charge is 2.23. The molecule has 1 aromatic carbocycles. The minimum Gasteiger partial charge on any atom is -0.478 e. The maximum atomic E-state index is 10.8. The van der Waals surface area contributed by atoms with Crippen molar-refractivity contribution in [2.45, 2.75) is 25.9 Å². The molecule has 1 rings (SSSR count). The molecule has 0 aliphatic carbocycles. The SMILES string of the molecule is C#CP(Nc1ccc(C(=O)O)cc1)OC(C)(C)CCO. The number of carboxylic acid groups (broad SMARTS) is 1. The number of anilines is 1. The maximum Gasteiger partial charge on any atom is 0.335 e. The molecule has 5 nitrogen and oxygen atoms in total. The number of aliphatic hydroxyl groups excluding tert-OH is 1. The van der Waals surface area contributed by atoms with E-state index < -0.39 is 19.9 Å². The Hall–Kier alpha value is -1.60. The van der Waals surface area contributed by atoms with Crippen molar-refractivity contribution in [3.8, 4) is 12.1 Å². The van der Waals surface area contributed by atoms with Crippen LogP contribution in [0.1, 0.15) is 30.6 Å². The molecule has 0 saturated heterocycles. The minimum atomic E-state index is -1.34. The quantitative estimate of drug-likeness (QED) is 0.532. The van der Waals surface area contributed by atoms with Crippen molar-refractivity contribution in [2.24, 2.45) is 0 Å². The van der Waals surface area contributed by atoms with Gasteiger partial charge in [0.25, 0.3) is 0 Å². The van der Waals surface area contributed by atoms with Gasteiger partial charge in [-0.15, -0.1) is 6.42 Å². The van der Waals surface area contributed by atoms with E-state index in [-0.39, 0.29) is 12.2 Å². The molecule has 0 amide bonds. The summed E-state index contributed by atoms with van der Waals surface area (Å²) in [4.78, 5) is 10.8. The van der Waals surface area contributed by atoms with Crippen LogP contribution in [0.25, 0.3) is 0 Å². The van der Waals surface area contributed by atoms with E-state index in [0.29, 0.717) is 12.1 Å². The molecule has 0 aliphatic heterocycles. The second-order valence-electron chi connectivity index (χ2n) is 4.74. The van der Waals surface area contributed by atoms with E-state index >= 15 is 0 Å². The zero-order valence-corrected chi connectivity index (χ0v) is 12.4. The summed E-state index contributed by atoms with van der Waals surface area (Å²) in [5.41, 5.74) is 2.91. The van der Waals surface area contributed by atoms with Crippen molar-refractivity contribution in [2.75, 3.05) is 11.7 Å². The monoisotopic (exact) mass is 295 g/mol. The van der Waals surface area contributed by atoms with E-state index in [1.807, 2.05) is 13.8 Å². The first-order chi connectivity index (χ1) is 9.38. The zero-order valence-electron chi connectivity index (χ0n) is 11.5. The summed E-state index contributed by atoms with van der Waals surface area (Å²) in [5, 5.41) is 20.8. The van der Waals surface area contributed by atoms with Crippen molar-refractivity contribution in [1.29, 1.82) is 0 Å². The smallest absolute Gasteiger partial charge is 0.335 e. The Morgan fingerprint density at radius 1 is 1.45 bits per heavy atom. The summed E-state index contributed by atoms with van der Waals surface area (Å²) in [6, 6.07) is 6.26. The van der Waals surface area contributed by atoms with Crippen LogP contribution in [-0.4, -0.2) is 28.4 Å². The lowest BCUT2D eigenvalue weighted by Gasteiger charge is -2.27. The number of benzene rings is 1. The Morgan fingerprint density at radius 2 is 2.05 bits per heavy atom. The summed E-state index contributed by atoms with van der Waals surface area (Å²) >= 11 is 0. The van der Waals surface area contributed by atoms with Crippen LogP contribution in [0.2, 0.25) is 0 Å². The van der Waals surface area contributed by atoms with Crippen molar-refractivity contribution < 1.29 is 19.5 Å². The molecule has 0 heterocycles. The van der Waals surface area contributed by atoms with Crippen LogP contribution in [0, 0.1) is 12.1 Å². The molecular formula is C14H18NO4P. The molecule has 0 aliphatic rings. The molecule has 0 radical (unpaired) electrons. The fraction of sp³-hybridized carbons (Fsp3) is 0.357. The first-order valence-corrected chi connectivity index (χ1v) is 7.30. The van der Waals surface area contributed by atoms with E-state index in [1.54, 1.807) is 12.1 Å². The van der Waals surface area contributed by atoms with Crippen LogP contribution in [0.3, 0.4) is 0 Å². The Bertz CT molecular complexity index is 493. The molecule has 1 atom stereocenters. The second kappa shape index (κ2) is 7.25. The van der Waals surface area contributed by atoms with Crippen molar-refractivity contribution in [3.63, 3.8) is 0 Å². The number of nitrogens with one attached hydrogen (secondary N) is 1. The molecular weight excluding hydrogens is 277 g/mol. The first kappa shape index (κ1) is 16.5. The first-order valence-electron chi connectivity index (χ1n) is 6.04.